The Morgan fingerprint density at radius 3 is 1.25 bits per heavy atom. The molecule has 0 aliphatic rings. The molecule has 0 bridgehead atoms. The van der Waals surface area contributed by atoms with Gasteiger partial charge in [0.1, 0.15) is 0 Å². The van der Waals surface area contributed by atoms with Gasteiger partial charge in [0.2, 0.25) is 0 Å². The summed E-state index contributed by atoms with van der Waals surface area (Å²) in [5, 5.41) is 7.42. The van der Waals surface area contributed by atoms with Crippen LogP contribution in [-0.2, 0) is 34.7 Å². The molecule has 0 aromatic heterocycles. The van der Waals surface area contributed by atoms with Crippen molar-refractivity contribution in [3.63, 3.8) is 0 Å². The zero-order valence-corrected chi connectivity index (χ0v) is 17.2. The number of hydrogen-bond donors (Lipinski definition) is 3. The van der Waals surface area contributed by atoms with Crippen molar-refractivity contribution in [1.29, 1.82) is 0 Å². The van der Waals surface area contributed by atoms with E-state index in [1.807, 2.05) is 0 Å². The van der Waals surface area contributed by atoms with Crippen LogP contribution >= 0.6 is 0 Å². The summed E-state index contributed by atoms with van der Waals surface area (Å²) >= 11 is 0. The first-order valence-corrected chi connectivity index (χ1v) is 3.02. The number of hydrogen-bond acceptors (Lipinski definition) is 3. The van der Waals surface area contributed by atoms with Crippen molar-refractivity contribution < 1.29 is 153 Å². The molecule has 12 heavy (non-hydrogen) atoms. The number of carboxylic acid groups (broad SMARTS) is 1. The van der Waals surface area contributed by atoms with Crippen molar-refractivity contribution in [3.8, 4) is 0 Å². The van der Waals surface area contributed by atoms with Gasteiger partial charge in [-0.25, -0.2) is 0 Å². The van der Waals surface area contributed by atoms with Gasteiger partial charge in [-0.05, 0) is 0 Å². The van der Waals surface area contributed by atoms with Crippen LogP contribution in [0.3, 0.4) is 0 Å². The van der Waals surface area contributed by atoms with Crippen molar-refractivity contribution in [2.45, 2.75) is 6.92 Å². The van der Waals surface area contributed by atoms with E-state index in [-0.39, 0.29) is 125 Å². The fourth-order valence-electron chi connectivity index (χ4n) is 0. The Hall–Kier alpha value is 3.24. The molecule has 10 heteroatoms. The normalized spacial score (nSPS) is 6.92. The maximum Gasteiger partial charge on any atom is 1.00 e. The van der Waals surface area contributed by atoms with E-state index in [2.05, 4.69) is 0 Å². The van der Waals surface area contributed by atoms with Crippen LogP contribution in [0.15, 0.2) is 0 Å². The van der Waals surface area contributed by atoms with Crippen molar-refractivity contribution in [2.75, 3.05) is 0 Å². The zero-order valence-electron chi connectivity index (χ0n) is 9.18. The first-order valence-electron chi connectivity index (χ1n) is 1.63. The molecule has 0 aromatic carbocycles. The zero-order chi connectivity index (χ0) is 8.08. The predicted octanol–water partition coefficient (Wildman–Crippen LogP) is -6.33. The van der Waals surface area contributed by atoms with E-state index in [0.717, 1.165) is 6.92 Å². The largest absolute Gasteiger partial charge is 1.00 e. The summed E-state index contributed by atoms with van der Waals surface area (Å²) in [5.41, 5.74) is 0. The average molecular weight is 304 g/mol. The fraction of sp³-hybridized carbons (Fsp3) is 0.500. The van der Waals surface area contributed by atoms with Crippen LogP contribution < -0.4 is 103 Å². The fourth-order valence-corrected chi connectivity index (χ4v) is 0. The van der Waals surface area contributed by atoms with Gasteiger partial charge in [0.05, 0.1) is 0 Å². The van der Waals surface area contributed by atoms with E-state index in [1.54, 1.807) is 0 Å². The van der Waals surface area contributed by atoms with Gasteiger partial charge in [-0.15, -0.1) is 0 Å². The van der Waals surface area contributed by atoms with E-state index in [1.165, 1.54) is 0 Å². The molecule has 0 radical (unpaired) electrons. The van der Waals surface area contributed by atoms with Gasteiger partial charge in [0.25, 0.3) is 5.97 Å². The minimum Gasteiger partial charge on any atom is -1.00 e. The maximum absolute atomic E-state index is 9.00. The monoisotopic (exact) mass is 302 g/mol. The van der Waals surface area contributed by atoms with Crippen molar-refractivity contribution in [2.24, 2.45) is 0 Å². The van der Waals surface area contributed by atoms with E-state index in [4.69, 9.17) is 27.4 Å². The summed E-state index contributed by atoms with van der Waals surface area (Å²) in [4.78, 5) is 9.00. The molecule has 0 aromatic rings. The smallest absolute Gasteiger partial charge is 1.00 e. The minimum atomic E-state index is -4.67. The molecule has 0 fully saturated rings. The number of carboxylic acids is 1. The number of rotatable bonds is 0. The Labute approximate surface area is 171 Å². The van der Waals surface area contributed by atoms with Crippen molar-refractivity contribution in [3.05, 3.63) is 0 Å². The second-order valence-electron chi connectivity index (χ2n) is 0.967. The molecule has 3 N–H and O–H groups in total. The van der Waals surface area contributed by atoms with Gasteiger partial charge in [-0.2, -0.15) is 8.42 Å². The molecule has 0 amide bonds. The second-order valence-corrected chi connectivity index (χ2v) is 1.86. The molecule has 0 saturated heterocycles. The Kier molecular flexibility index (Phi) is 40.9. The van der Waals surface area contributed by atoms with Gasteiger partial charge in [0, 0.05) is 26.4 Å². The van der Waals surface area contributed by atoms with E-state index < -0.39 is 16.4 Å². The molecule has 6 nitrogen and oxygen atoms in total. The Bertz CT molecular complexity index is 174. The molecule has 0 aliphatic heterocycles. The van der Waals surface area contributed by atoms with Gasteiger partial charge in [-0.3, -0.25) is 13.9 Å². The molecule has 0 unspecified atom stereocenters. The summed E-state index contributed by atoms with van der Waals surface area (Å²) in [5.74, 6) is -0.833. The minimum absolute atomic E-state index is 0. The predicted molar refractivity (Wildman–Crippen MR) is 29.7 cm³/mol. The molecule has 0 heterocycles. The quantitative estimate of drug-likeness (QED) is 0.303. The van der Waals surface area contributed by atoms with Gasteiger partial charge < -0.3 is 7.96 Å². The van der Waals surface area contributed by atoms with Crippen LogP contribution in [0.4, 0.5) is 0 Å². The third-order valence-electron chi connectivity index (χ3n) is 0. The Morgan fingerprint density at radius 2 is 1.25 bits per heavy atom. The first kappa shape index (κ1) is 29.5. The van der Waals surface area contributed by atoms with Crippen LogP contribution in [0, 0.1) is 0 Å². The summed E-state index contributed by atoms with van der Waals surface area (Å²) in [6.45, 7) is 1.08. The Morgan fingerprint density at radius 1 is 1.25 bits per heavy atom. The first-order chi connectivity index (χ1) is 3.73. The molecule has 0 aliphatic carbocycles. The van der Waals surface area contributed by atoms with Crippen LogP contribution in [-0.4, -0.2) is 28.6 Å². The van der Waals surface area contributed by atoms with E-state index in [9.17, 15) is 0 Å². The van der Waals surface area contributed by atoms with Crippen molar-refractivity contribution >= 4 is 16.4 Å². The SMILES string of the molecule is CC(=O)O.O=S(=O)(O)O.[H-].[H-].[K+].[K+].[Zn]. The second kappa shape index (κ2) is 16.7. The van der Waals surface area contributed by atoms with Crippen molar-refractivity contribution in [1.82, 2.24) is 0 Å². The van der Waals surface area contributed by atoms with Crippen LogP contribution in [0.1, 0.15) is 9.78 Å². The summed E-state index contributed by atoms with van der Waals surface area (Å²) in [6, 6.07) is 0. The molecule has 62 valence electrons. The molecule has 0 atom stereocenters. The summed E-state index contributed by atoms with van der Waals surface area (Å²) < 4.78 is 31.6. The van der Waals surface area contributed by atoms with Gasteiger partial charge in [0.15, 0.2) is 0 Å². The van der Waals surface area contributed by atoms with Crippen LogP contribution in [0.5, 0.6) is 0 Å². The van der Waals surface area contributed by atoms with E-state index >= 15 is 0 Å². The van der Waals surface area contributed by atoms with Gasteiger partial charge >= 0.3 is 113 Å². The molecule has 0 rings (SSSR count). The third kappa shape index (κ3) is 189. The average Bonchev–Trinajstić information content (AvgIpc) is 1.19. The molecule has 0 spiro atoms. The Balaban J connectivity index is -0.0000000104. The summed E-state index contributed by atoms with van der Waals surface area (Å²) in [6.07, 6.45) is 0. The topological polar surface area (TPSA) is 112 Å². The molecular weight excluding hydrogens is 296 g/mol. The third-order valence-corrected chi connectivity index (χ3v) is 0. The number of carbonyl (C=O) groups is 1. The maximum atomic E-state index is 9.00. The van der Waals surface area contributed by atoms with Gasteiger partial charge in [-0.1, -0.05) is 0 Å². The number of aliphatic carboxylic acids is 1. The van der Waals surface area contributed by atoms with E-state index in [0.29, 0.717) is 0 Å². The molecule has 0 saturated carbocycles. The standard InChI is InChI=1S/C2H4O2.2K.H2O4S.Zn.2H/c1-2(3)4;;;1-5(2,3)4;;;/h1H3,(H,3,4);;;(H2,1,2,3,4);;;/q;2*+1;;;2*-1. The molecular formula is C2H8K2O6SZn. The van der Waals surface area contributed by atoms with Crippen LogP contribution in [0.25, 0.3) is 0 Å². The van der Waals surface area contributed by atoms with Crippen LogP contribution in [0.2, 0.25) is 0 Å². The summed E-state index contributed by atoms with van der Waals surface area (Å²) in [7, 11) is -4.67.